The highest BCUT2D eigenvalue weighted by Gasteiger charge is 2.39. The van der Waals surface area contributed by atoms with Gasteiger partial charge in [0.1, 0.15) is 0 Å². The zero-order valence-electron chi connectivity index (χ0n) is 16.7. The monoisotopic (exact) mass is 396 g/mol. The Labute approximate surface area is 173 Å². The molecule has 1 N–H and O–H groups in total. The molecule has 1 aliphatic heterocycles. The van der Waals surface area contributed by atoms with E-state index in [-0.39, 0.29) is 11.9 Å². The Morgan fingerprint density at radius 2 is 1.89 bits per heavy atom. The average molecular weight is 397 g/mol. The summed E-state index contributed by atoms with van der Waals surface area (Å²) in [4.78, 5) is 14.5. The minimum atomic E-state index is -0.0673. The van der Waals surface area contributed by atoms with E-state index in [0.29, 0.717) is 10.6 Å². The molecule has 4 heteroatoms. The number of anilines is 1. The predicted octanol–water partition coefficient (Wildman–Crippen LogP) is 5.50. The fourth-order valence-corrected chi connectivity index (χ4v) is 4.62. The Hall–Kier alpha value is -2.00. The van der Waals surface area contributed by atoms with Crippen molar-refractivity contribution in [2.45, 2.75) is 45.1 Å². The Morgan fingerprint density at radius 3 is 2.57 bits per heavy atom. The SMILES string of the molecule is CC(C)NC(=O)c1ccc(N2CC(CCC3CC3c3ccccc3)C2)c(Cl)c1. The number of nitrogens with one attached hydrogen (secondary N) is 1. The van der Waals surface area contributed by atoms with E-state index in [4.69, 9.17) is 11.6 Å². The Kier molecular flexibility index (Phi) is 5.63. The van der Waals surface area contributed by atoms with Gasteiger partial charge in [-0.25, -0.2) is 0 Å². The molecule has 2 unspecified atom stereocenters. The van der Waals surface area contributed by atoms with Gasteiger partial charge >= 0.3 is 0 Å². The van der Waals surface area contributed by atoms with Gasteiger partial charge < -0.3 is 10.2 Å². The molecule has 2 aliphatic rings. The lowest BCUT2D eigenvalue weighted by molar-refractivity contribution is 0.0943. The molecule has 148 valence electrons. The van der Waals surface area contributed by atoms with Crippen LogP contribution in [0, 0.1) is 11.8 Å². The molecule has 0 aromatic heterocycles. The van der Waals surface area contributed by atoms with E-state index in [1.165, 1.54) is 24.8 Å². The number of amides is 1. The van der Waals surface area contributed by atoms with Crippen LogP contribution < -0.4 is 10.2 Å². The molecule has 1 saturated carbocycles. The van der Waals surface area contributed by atoms with Crippen LogP contribution in [0.15, 0.2) is 48.5 Å². The van der Waals surface area contributed by atoms with Gasteiger partial charge in [0.2, 0.25) is 0 Å². The zero-order valence-corrected chi connectivity index (χ0v) is 17.5. The molecule has 0 bridgehead atoms. The lowest BCUT2D eigenvalue weighted by Gasteiger charge is -2.41. The summed E-state index contributed by atoms with van der Waals surface area (Å²) < 4.78 is 0. The van der Waals surface area contributed by atoms with Crippen molar-refractivity contribution in [3.63, 3.8) is 0 Å². The van der Waals surface area contributed by atoms with Gasteiger partial charge in [0.05, 0.1) is 10.7 Å². The quantitative estimate of drug-likeness (QED) is 0.670. The van der Waals surface area contributed by atoms with Crippen molar-refractivity contribution >= 4 is 23.2 Å². The van der Waals surface area contributed by atoms with Gasteiger partial charge in [-0.2, -0.15) is 0 Å². The fourth-order valence-electron chi connectivity index (χ4n) is 4.32. The van der Waals surface area contributed by atoms with Crippen LogP contribution in [0.1, 0.15) is 54.9 Å². The first-order valence-electron chi connectivity index (χ1n) is 10.4. The van der Waals surface area contributed by atoms with E-state index in [0.717, 1.165) is 36.5 Å². The van der Waals surface area contributed by atoms with E-state index >= 15 is 0 Å². The van der Waals surface area contributed by atoms with Crippen LogP contribution in [-0.4, -0.2) is 25.0 Å². The first-order chi connectivity index (χ1) is 13.5. The van der Waals surface area contributed by atoms with Crippen LogP contribution in [0.25, 0.3) is 0 Å². The van der Waals surface area contributed by atoms with Crippen LogP contribution in [0.4, 0.5) is 5.69 Å². The van der Waals surface area contributed by atoms with Crippen molar-refractivity contribution in [1.82, 2.24) is 5.32 Å². The average Bonchev–Trinajstić information content (AvgIpc) is 3.41. The second-order valence-electron chi connectivity index (χ2n) is 8.66. The van der Waals surface area contributed by atoms with Gasteiger partial charge in [-0.05, 0) is 74.6 Å². The molecule has 1 saturated heterocycles. The summed E-state index contributed by atoms with van der Waals surface area (Å²) in [6, 6.07) is 16.7. The summed E-state index contributed by atoms with van der Waals surface area (Å²) in [5.74, 6) is 2.36. The number of hydrogen-bond acceptors (Lipinski definition) is 2. The third-order valence-corrected chi connectivity index (χ3v) is 6.33. The van der Waals surface area contributed by atoms with Crippen molar-refractivity contribution in [3.8, 4) is 0 Å². The number of rotatable bonds is 7. The van der Waals surface area contributed by atoms with Gasteiger partial charge in [-0.1, -0.05) is 41.9 Å². The molecule has 3 nitrogen and oxygen atoms in total. The minimum absolute atomic E-state index is 0.0673. The minimum Gasteiger partial charge on any atom is -0.370 e. The predicted molar refractivity (Wildman–Crippen MR) is 116 cm³/mol. The zero-order chi connectivity index (χ0) is 19.7. The summed E-state index contributed by atoms with van der Waals surface area (Å²) in [5.41, 5.74) is 3.18. The van der Waals surface area contributed by atoms with E-state index < -0.39 is 0 Å². The Balaban J connectivity index is 1.24. The highest BCUT2D eigenvalue weighted by atomic mass is 35.5. The van der Waals surface area contributed by atoms with Gasteiger partial charge in [-0.3, -0.25) is 4.79 Å². The molecular weight excluding hydrogens is 368 g/mol. The smallest absolute Gasteiger partial charge is 0.251 e. The van der Waals surface area contributed by atoms with Crippen molar-refractivity contribution in [2.75, 3.05) is 18.0 Å². The summed E-state index contributed by atoms with van der Waals surface area (Å²) in [6.45, 7) is 6.05. The maximum atomic E-state index is 12.1. The largest absolute Gasteiger partial charge is 0.370 e. The second-order valence-corrected chi connectivity index (χ2v) is 9.06. The molecule has 0 radical (unpaired) electrons. The van der Waals surface area contributed by atoms with Crippen molar-refractivity contribution in [1.29, 1.82) is 0 Å². The van der Waals surface area contributed by atoms with E-state index in [1.807, 2.05) is 26.0 Å². The molecule has 1 aliphatic carbocycles. The van der Waals surface area contributed by atoms with E-state index in [9.17, 15) is 4.79 Å². The maximum absolute atomic E-state index is 12.1. The van der Waals surface area contributed by atoms with Crippen LogP contribution in [0.3, 0.4) is 0 Å². The summed E-state index contributed by atoms with van der Waals surface area (Å²) in [7, 11) is 0. The van der Waals surface area contributed by atoms with Gasteiger partial charge in [0.15, 0.2) is 0 Å². The number of nitrogens with zero attached hydrogens (tertiary/aromatic N) is 1. The van der Waals surface area contributed by atoms with Gasteiger partial charge in [-0.15, -0.1) is 0 Å². The Bertz CT molecular complexity index is 830. The number of carbonyl (C=O) groups excluding carboxylic acids is 1. The fraction of sp³-hybridized carbons (Fsp3) is 0.458. The van der Waals surface area contributed by atoms with Gasteiger partial charge in [0, 0.05) is 24.7 Å². The number of hydrogen-bond donors (Lipinski definition) is 1. The first-order valence-corrected chi connectivity index (χ1v) is 10.8. The number of carbonyl (C=O) groups is 1. The third kappa shape index (κ3) is 4.35. The summed E-state index contributed by atoms with van der Waals surface area (Å²) >= 11 is 6.47. The van der Waals surface area contributed by atoms with Crippen molar-refractivity contribution in [2.24, 2.45) is 11.8 Å². The molecule has 4 rings (SSSR count). The second kappa shape index (κ2) is 8.16. The van der Waals surface area contributed by atoms with Crippen LogP contribution in [0.2, 0.25) is 5.02 Å². The van der Waals surface area contributed by atoms with E-state index in [1.54, 1.807) is 6.07 Å². The number of halogens is 1. The lowest BCUT2D eigenvalue weighted by atomic mass is 9.92. The molecular formula is C24H29ClN2O. The standard InChI is InChI=1S/C24H29ClN2O/c1-16(2)26-24(28)20-10-11-23(22(25)13-20)27-14-17(15-27)8-9-19-12-21(19)18-6-4-3-5-7-18/h3-7,10-11,13,16-17,19,21H,8-9,12,14-15H2,1-2H3,(H,26,28). The summed E-state index contributed by atoms with van der Waals surface area (Å²) in [5, 5.41) is 3.58. The highest BCUT2D eigenvalue weighted by molar-refractivity contribution is 6.33. The normalized spacial score (nSPS) is 21.5. The van der Waals surface area contributed by atoms with Crippen molar-refractivity contribution in [3.05, 3.63) is 64.7 Å². The molecule has 2 fully saturated rings. The first kappa shape index (κ1) is 19.3. The van der Waals surface area contributed by atoms with Crippen molar-refractivity contribution < 1.29 is 4.79 Å². The van der Waals surface area contributed by atoms with Crippen LogP contribution >= 0.6 is 11.6 Å². The van der Waals surface area contributed by atoms with Gasteiger partial charge in [0.25, 0.3) is 5.91 Å². The molecule has 2 aromatic rings. The Morgan fingerprint density at radius 1 is 1.14 bits per heavy atom. The van der Waals surface area contributed by atoms with Crippen LogP contribution in [-0.2, 0) is 0 Å². The molecule has 1 heterocycles. The third-order valence-electron chi connectivity index (χ3n) is 6.02. The maximum Gasteiger partial charge on any atom is 0.251 e. The van der Waals surface area contributed by atoms with E-state index in [2.05, 4.69) is 40.5 Å². The molecule has 2 atom stereocenters. The molecule has 2 aromatic carbocycles. The summed E-state index contributed by atoms with van der Waals surface area (Å²) in [6.07, 6.45) is 3.99. The molecule has 1 amide bonds. The lowest BCUT2D eigenvalue weighted by Crippen LogP contribution is -2.46. The topological polar surface area (TPSA) is 32.3 Å². The highest BCUT2D eigenvalue weighted by Crippen LogP contribution is 2.50. The number of benzene rings is 2. The van der Waals surface area contributed by atoms with Crippen LogP contribution in [0.5, 0.6) is 0 Å². The molecule has 28 heavy (non-hydrogen) atoms. The molecule has 0 spiro atoms.